The number of carboxylic acids is 1. The molecule has 0 aromatic heterocycles. The van der Waals surface area contributed by atoms with Crippen LogP contribution in [0.25, 0.3) is 0 Å². The zero-order chi connectivity index (χ0) is 58.8. The summed E-state index contributed by atoms with van der Waals surface area (Å²) in [5.74, 6) is -11.6. The number of carbonyl (C=O) groups excluding carboxylic acids is 9. The molecule has 0 aliphatic carbocycles. The van der Waals surface area contributed by atoms with Gasteiger partial charge in [0, 0.05) is 12.8 Å². The van der Waals surface area contributed by atoms with Crippen LogP contribution >= 0.6 is 7.82 Å². The molecule has 28 nitrogen and oxygen atoms in total. The van der Waals surface area contributed by atoms with Crippen LogP contribution in [0.1, 0.15) is 162 Å². The molecule has 1 fully saturated rings. The van der Waals surface area contributed by atoms with E-state index in [0.29, 0.717) is 25.7 Å². The van der Waals surface area contributed by atoms with Gasteiger partial charge in [0.1, 0.15) is 36.8 Å². The summed E-state index contributed by atoms with van der Waals surface area (Å²) in [6.45, 7) is 2.91. The molecular weight excluding hydrogens is 1050 g/mol. The van der Waals surface area contributed by atoms with Crippen LogP contribution < -0.4 is 38.1 Å². The Morgan fingerprint density at radius 1 is 0.615 bits per heavy atom. The quantitative estimate of drug-likeness (QED) is 0.0117. The fraction of sp³-hybridized carbons (Fsp3) is 0.796. The number of rotatable bonds is 44. The van der Waals surface area contributed by atoms with Gasteiger partial charge in [-0.15, -0.1) is 0 Å². The molecule has 1 aliphatic heterocycles. The molecule has 0 spiro atoms. The van der Waals surface area contributed by atoms with Gasteiger partial charge >= 0.3 is 31.7 Å². The third-order valence-corrected chi connectivity index (χ3v) is 12.9. The highest BCUT2D eigenvalue weighted by molar-refractivity contribution is 7.46. The van der Waals surface area contributed by atoms with Gasteiger partial charge in [-0.1, -0.05) is 84.0 Å². The summed E-state index contributed by atoms with van der Waals surface area (Å²) in [7, 11) is -5.40. The number of nitrogens with two attached hydrogens (primary N) is 2. The number of ketones is 1. The molecule has 3 unspecified atom stereocenters. The van der Waals surface area contributed by atoms with Crippen LogP contribution in [-0.2, 0) is 71.2 Å². The molecule has 1 rings (SSSR count). The Hall–Kier alpha value is -5.19. The summed E-state index contributed by atoms with van der Waals surface area (Å²) in [6, 6.07) is -8.22. The van der Waals surface area contributed by atoms with Gasteiger partial charge in [-0.05, 0) is 71.9 Å². The fourth-order valence-corrected chi connectivity index (χ4v) is 8.44. The Morgan fingerprint density at radius 3 is 1.55 bits per heavy atom. The number of aliphatic hydroxyl groups is 3. The predicted molar refractivity (Wildman–Crippen MR) is 276 cm³/mol. The SMILES string of the molecule is CCCCCCCCCCCCCCCC(=O)OC(COC(=O)CCC(=O)N[C@@H](CCCCN)C(=O)N[C@H](C(=O)N[C@H](C(=O)N[C@@H](CCCCN)C(=O)N[C@@H](CO)C(=O)O)[C@@H](C)O)[C@@H](C)O)C1OC(=O)C(OP(=O)(O)O)C1=O. The van der Waals surface area contributed by atoms with Crippen molar-refractivity contribution in [1.29, 1.82) is 0 Å². The fourth-order valence-electron chi connectivity index (χ4n) is 7.98. The van der Waals surface area contributed by atoms with Gasteiger partial charge < -0.3 is 82.5 Å². The van der Waals surface area contributed by atoms with Gasteiger partial charge in [0.15, 0.2) is 6.10 Å². The van der Waals surface area contributed by atoms with Crippen LogP contribution in [0.3, 0.4) is 0 Å². The summed E-state index contributed by atoms with van der Waals surface area (Å²) in [4.78, 5) is 148. The molecule has 1 saturated heterocycles. The molecule has 0 saturated carbocycles. The molecule has 0 bridgehead atoms. The van der Waals surface area contributed by atoms with Crippen LogP contribution in [0.5, 0.6) is 0 Å². The number of aliphatic hydroxyl groups excluding tert-OH is 3. The van der Waals surface area contributed by atoms with E-state index in [0.717, 1.165) is 46.0 Å². The van der Waals surface area contributed by atoms with Crippen molar-refractivity contribution in [2.75, 3.05) is 26.3 Å². The maximum atomic E-state index is 13.7. The number of ether oxygens (including phenoxy) is 3. The second kappa shape index (κ2) is 39.2. The number of carbonyl (C=O) groups is 10. The summed E-state index contributed by atoms with van der Waals surface area (Å²) >= 11 is 0. The second-order valence-corrected chi connectivity index (χ2v) is 20.4. The van der Waals surface area contributed by atoms with Crippen LogP contribution in [0.2, 0.25) is 0 Å². The predicted octanol–water partition coefficient (Wildman–Crippen LogP) is -0.804. The Labute approximate surface area is 454 Å². The number of unbranched alkanes of at least 4 members (excludes halogenated alkanes) is 14. The van der Waals surface area contributed by atoms with Crippen LogP contribution in [0.15, 0.2) is 0 Å². The number of hydrogen-bond donors (Lipinski definition) is 13. The number of aliphatic carboxylic acids is 1. The molecule has 0 aromatic rings. The zero-order valence-corrected chi connectivity index (χ0v) is 46.0. The number of esters is 3. The maximum Gasteiger partial charge on any atom is 0.470 e. The van der Waals surface area contributed by atoms with Gasteiger partial charge in [-0.3, -0.25) is 42.9 Å². The largest absolute Gasteiger partial charge is 0.480 e. The standard InChI is InChI=1S/C49H86N7O21P/c1-4-5-6-7-8-9-10-11-12-13-14-15-16-23-38(62)75-35(42-41(63)43(49(70)76-42)77-78(71,72)73)29-74-37(61)25-24-36(60)52-32(21-17-19-26-50)45(65)55-40(31(3)59)47(67)56-39(30(2)58)46(66)53-33(22-18-20-27-51)44(64)54-34(28-57)48(68)69/h30-35,39-40,42-43,57-59H,4-29,50-51H2,1-3H3,(H,52,60)(H,53,66)(H,54,64)(H,55,65)(H,56,67)(H,68,69)(H2,71,72,73)/t30-,31-,32+,33+,34+,35?,39+,40+,42?,43?/m1/s1. The number of carboxylic acid groups (broad SMARTS) is 1. The van der Waals surface area contributed by atoms with E-state index in [1.807, 2.05) is 0 Å². The van der Waals surface area contributed by atoms with E-state index in [1.54, 1.807) is 0 Å². The number of Topliss-reactive ketones (excluding diaryl/α,β-unsaturated/α-hetero) is 1. The number of phosphoric acid groups is 1. The van der Waals surface area contributed by atoms with Crippen LogP contribution in [-0.4, -0.2) is 176 Å². The lowest BCUT2D eigenvalue weighted by atomic mass is 10.0. The molecule has 1 aliphatic rings. The molecule has 0 aromatic carbocycles. The van der Waals surface area contributed by atoms with E-state index in [9.17, 15) is 82.7 Å². The van der Waals surface area contributed by atoms with Crippen molar-refractivity contribution in [3.63, 3.8) is 0 Å². The maximum absolute atomic E-state index is 13.7. The molecule has 0 radical (unpaired) electrons. The number of phosphoric ester groups is 1. The molecule has 448 valence electrons. The van der Waals surface area contributed by atoms with Gasteiger partial charge in [-0.2, -0.15) is 0 Å². The number of nitrogens with one attached hydrogen (secondary N) is 5. The Kier molecular flexibility index (Phi) is 35.6. The minimum atomic E-state index is -5.40. The Morgan fingerprint density at radius 2 is 1.08 bits per heavy atom. The molecule has 5 amide bonds. The van der Waals surface area contributed by atoms with Crippen molar-refractivity contribution < 1.29 is 101 Å². The Bertz CT molecular complexity index is 1960. The van der Waals surface area contributed by atoms with Crippen molar-refractivity contribution in [3.05, 3.63) is 0 Å². The first kappa shape index (κ1) is 70.8. The third-order valence-electron chi connectivity index (χ3n) is 12.4. The van der Waals surface area contributed by atoms with Gasteiger partial charge in [0.2, 0.25) is 47.5 Å². The number of hydrogen-bond acceptors (Lipinski definition) is 20. The van der Waals surface area contributed by atoms with Gasteiger partial charge in [-0.25, -0.2) is 14.2 Å². The Balaban J connectivity index is 3.03. The summed E-state index contributed by atoms with van der Waals surface area (Å²) in [5.41, 5.74) is 11.2. The van der Waals surface area contributed by atoms with Crippen molar-refractivity contribution in [2.24, 2.45) is 11.5 Å². The van der Waals surface area contributed by atoms with Crippen molar-refractivity contribution in [1.82, 2.24) is 26.6 Å². The monoisotopic (exact) mass is 1140 g/mol. The second-order valence-electron chi connectivity index (χ2n) is 19.2. The van der Waals surface area contributed by atoms with Gasteiger partial charge in [0.25, 0.3) is 0 Å². The lowest BCUT2D eigenvalue weighted by molar-refractivity contribution is -0.172. The average molecular weight is 1140 g/mol. The minimum Gasteiger partial charge on any atom is -0.480 e. The molecule has 78 heavy (non-hydrogen) atoms. The third kappa shape index (κ3) is 29.1. The highest BCUT2D eigenvalue weighted by Crippen LogP contribution is 2.40. The van der Waals surface area contributed by atoms with E-state index < -0.39 is 154 Å². The first-order valence-corrected chi connectivity index (χ1v) is 28.4. The molecular formula is C49H86N7O21P. The molecule has 29 heteroatoms. The summed E-state index contributed by atoms with van der Waals surface area (Å²) in [5, 5.41) is 51.1. The molecule has 10 atom stereocenters. The highest BCUT2D eigenvalue weighted by atomic mass is 31.2. The summed E-state index contributed by atoms with van der Waals surface area (Å²) in [6.07, 6.45) is 3.82. The number of cyclic esters (lactones) is 1. The molecule has 1 heterocycles. The van der Waals surface area contributed by atoms with Crippen LogP contribution in [0, 0.1) is 0 Å². The zero-order valence-electron chi connectivity index (χ0n) is 45.1. The van der Waals surface area contributed by atoms with Gasteiger partial charge in [0.05, 0.1) is 25.2 Å². The van der Waals surface area contributed by atoms with E-state index in [2.05, 4.69) is 38.0 Å². The number of amides is 5. The summed E-state index contributed by atoms with van der Waals surface area (Å²) < 4.78 is 31.3. The lowest BCUT2D eigenvalue weighted by Gasteiger charge is -2.29. The van der Waals surface area contributed by atoms with Crippen molar-refractivity contribution >= 4 is 67.0 Å². The van der Waals surface area contributed by atoms with Crippen molar-refractivity contribution in [3.8, 4) is 0 Å². The van der Waals surface area contributed by atoms with E-state index >= 15 is 0 Å². The van der Waals surface area contributed by atoms with E-state index in [1.165, 1.54) is 38.5 Å². The average Bonchev–Trinajstić information content (AvgIpc) is 3.64. The van der Waals surface area contributed by atoms with E-state index in [-0.39, 0.29) is 45.2 Å². The lowest BCUT2D eigenvalue weighted by Crippen LogP contribution is -2.62. The highest BCUT2D eigenvalue weighted by Gasteiger charge is 2.52. The minimum absolute atomic E-state index is 0.0709. The smallest absolute Gasteiger partial charge is 0.470 e. The topological polar surface area (TPSA) is 458 Å². The molecule has 15 N–H and O–H groups in total. The normalized spacial score (nSPS) is 17.5. The van der Waals surface area contributed by atoms with Crippen LogP contribution in [0.4, 0.5) is 0 Å². The van der Waals surface area contributed by atoms with E-state index in [4.69, 9.17) is 25.7 Å². The first-order chi connectivity index (χ1) is 36.9. The first-order valence-electron chi connectivity index (χ1n) is 26.8. The van der Waals surface area contributed by atoms with Crippen molar-refractivity contribution in [2.45, 2.75) is 223 Å².